The summed E-state index contributed by atoms with van der Waals surface area (Å²) in [4.78, 5) is 2.28. The number of phenols is 1. The van der Waals surface area contributed by atoms with Crippen molar-refractivity contribution in [2.75, 3.05) is 6.54 Å². The number of aromatic hydroxyl groups is 1. The number of aliphatic hydroxyl groups is 1. The molecule has 4 rings (SSSR count). The van der Waals surface area contributed by atoms with Gasteiger partial charge < -0.3 is 19.7 Å². The SMILES string of the molecule is CC[C@H](Oc1ccccc1O)N1CC[C@H](O)C[C@H]1c1ccc(Oc2ccccc2)cc1. The lowest BCUT2D eigenvalue weighted by molar-refractivity contribution is -0.0563. The van der Waals surface area contributed by atoms with E-state index >= 15 is 0 Å². The number of nitrogens with zero attached hydrogens (tertiary/aromatic N) is 1. The summed E-state index contributed by atoms with van der Waals surface area (Å²) in [7, 11) is 0. The number of rotatable bonds is 7. The lowest BCUT2D eigenvalue weighted by Gasteiger charge is -2.42. The Kier molecular flexibility index (Phi) is 6.75. The molecule has 0 saturated carbocycles. The molecule has 0 aromatic heterocycles. The number of likely N-dealkylation sites (tertiary alicyclic amines) is 1. The first kappa shape index (κ1) is 21.2. The van der Waals surface area contributed by atoms with E-state index in [-0.39, 0.29) is 24.1 Å². The average Bonchev–Trinajstić information content (AvgIpc) is 2.80. The van der Waals surface area contributed by atoms with Crippen LogP contribution < -0.4 is 9.47 Å². The predicted molar refractivity (Wildman–Crippen MR) is 120 cm³/mol. The van der Waals surface area contributed by atoms with E-state index in [0.717, 1.165) is 30.0 Å². The van der Waals surface area contributed by atoms with Gasteiger partial charge in [-0.3, -0.25) is 4.90 Å². The van der Waals surface area contributed by atoms with Crippen molar-refractivity contribution in [1.82, 2.24) is 4.90 Å². The van der Waals surface area contributed by atoms with Crippen molar-refractivity contribution in [2.45, 2.75) is 44.6 Å². The number of para-hydroxylation sites is 3. The van der Waals surface area contributed by atoms with E-state index in [1.165, 1.54) is 0 Å². The van der Waals surface area contributed by atoms with Crippen LogP contribution >= 0.6 is 0 Å². The molecule has 5 nitrogen and oxygen atoms in total. The van der Waals surface area contributed by atoms with Crippen LogP contribution in [0.4, 0.5) is 0 Å². The highest BCUT2D eigenvalue weighted by molar-refractivity contribution is 5.38. The largest absolute Gasteiger partial charge is 0.504 e. The molecule has 5 heteroatoms. The first-order chi connectivity index (χ1) is 15.1. The summed E-state index contributed by atoms with van der Waals surface area (Å²) in [6.45, 7) is 2.80. The molecule has 2 N–H and O–H groups in total. The van der Waals surface area contributed by atoms with E-state index in [1.54, 1.807) is 18.2 Å². The number of phenolic OH excluding ortho intramolecular Hbond substituents is 1. The van der Waals surface area contributed by atoms with Crippen molar-refractivity contribution in [2.24, 2.45) is 0 Å². The molecular weight excluding hydrogens is 390 g/mol. The van der Waals surface area contributed by atoms with Crippen molar-refractivity contribution < 1.29 is 19.7 Å². The van der Waals surface area contributed by atoms with Crippen LogP contribution in [0, 0.1) is 0 Å². The monoisotopic (exact) mass is 419 g/mol. The zero-order valence-corrected chi connectivity index (χ0v) is 17.7. The topological polar surface area (TPSA) is 62.2 Å². The Hall–Kier alpha value is -3.02. The van der Waals surface area contributed by atoms with Gasteiger partial charge in [-0.25, -0.2) is 0 Å². The van der Waals surface area contributed by atoms with Crippen LogP contribution in [-0.2, 0) is 0 Å². The van der Waals surface area contributed by atoms with Gasteiger partial charge in [-0.2, -0.15) is 0 Å². The van der Waals surface area contributed by atoms with Crippen molar-refractivity contribution in [1.29, 1.82) is 0 Å². The number of benzene rings is 3. The molecule has 0 amide bonds. The number of ether oxygens (including phenoxy) is 2. The molecule has 0 radical (unpaired) electrons. The second-order valence-electron chi connectivity index (χ2n) is 7.86. The highest BCUT2D eigenvalue weighted by atomic mass is 16.5. The van der Waals surface area contributed by atoms with Crippen molar-refractivity contribution in [3.63, 3.8) is 0 Å². The Morgan fingerprint density at radius 3 is 2.32 bits per heavy atom. The quantitative estimate of drug-likeness (QED) is 0.530. The van der Waals surface area contributed by atoms with Crippen LogP contribution in [0.15, 0.2) is 78.9 Å². The van der Waals surface area contributed by atoms with Gasteiger partial charge in [0.05, 0.1) is 6.10 Å². The standard InChI is InChI=1S/C26H29NO4/c1-2-26(31-25-11-7-6-10-24(25)29)27-17-16-20(28)18-23(27)19-12-14-22(15-13-19)30-21-8-4-3-5-9-21/h3-15,20,23,26,28-29H,2,16-18H2,1H3/t20-,23-,26-/m0/s1. The maximum absolute atomic E-state index is 10.4. The Balaban J connectivity index is 1.53. The smallest absolute Gasteiger partial charge is 0.163 e. The minimum Gasteiger partial charge on any atom is -0.504 e. The van der Waals surface area contributed by atoms with Crippen molar-refractivity contribution in [3.8, 4) is 23.0 Å². The minimum atomic E-state index is -0.343. The fourth-order valence-corrected chi connectivity index (χ4v) is 4.11. The van der Waals surface area contributed by atoms with Crippen LogP contribution in [-0.4, -0.2) is 34.0 Å². The third-order valence-electron chi connectivity index (χ3n) is 5.71. The van der Waals surface area contributed by atoms with E-state index in [0.29, 0.717) is 18.6 Å². The summed E-state index contributed by atoms with van der Waals surface area (Å²) in [6, 6.07) is 24.8. The van der Waals surface area contributed by atoms with E-state index in [1.807, 2.05) is 48.5 Å². The van der Waals surface area contributed by atoms with E-state index in [4.69, 9.17) is 9.47 Å². The van der Waals surface area contributed by atoms with E-state index in [9.17, 15) is 10.2 Å². The van der Waals surface area contributed by atoms with Gasteiger partial charge in [0.1, 0.15) is 11.5 Å². The molecule has 1 fully saturated rings. The highest BCUT2D eigenvalue weighted by Crippen LogP contribution is 2.36. The molecule has 1 aliphatic rings. The molecule has 0 bridgehead atoms. The van der Waals surface area contributed by atoms with Gasteiger partial charge in [0.2, 0.25) is 0 Å². The molecule has 1 aliphatic heterocycles. The third kappa shape index (κ3) is 5.19. The predicted octanol–water partition coefficient (Wildman–Crippen LogP) is 5.50. The minimum absolute atomic E-state index is 0.0188. The van der Waals surface area contributed by atoms with Gasteiger partial charge in [0, 0.05) is 12.6 Å². The summed E-state index contributed by atoms with van der Waals surface area (Å²) in [6.07, 6.45) is 1.55. The van der Waals surface area contributed by atoms with E-state index < -0.39 is 0 Å². The molecule has 0 unspecified atom stereocenters. The molecule has 162 valence electrons. The van der Waals surface area contributed by atoms with Crippen molar-refractivity contribution in [3.05, 3.63) is 84.4 Å². The Bertz CT molecular complexity index is 961. The molecule has 31 heavy (non-hydrogen) atoms. The second kappa shape index (κ2) is 9.86. The Morgan fingerprint density at radius 1 is 0.935 bits per heavy atom. The molecule has 0 aliphatic carbocycles. The Labute approximate surface area is 183 Å². The van der Waals surface area contributed by atoms with Crippen LogP contribution in [0.2, 0.25) is 0 Å². The van der Waals surface area contributed by atoms with E-state index in [2.05, 4.69) is 24.0 Å². The number of piperidine rings is 1. The lowest BCUT2D eigenvalue weighted by atomic mass is 9.92. The first-order valence-corrected chi connectivity index (χ1v) is 10.9. The molecule has 0 spiro atoms. The van der Waals surface area contributed by atoms with Gasteiger partial charge in [-0.05, 0) is 61.2 Å². The zero-order valence-electron chi connectivity index (χ0n) is 17.7. The maximum atomic E-state index is 10.4. The Morgan fingerprint density at radius 2 is 1.61 bits per heavy atom. The normalized spacial score (nSPS) is 20.2. The van der Waals surface area contributed by atoms with Gasteiger partial charge >= 0.3 is 0 Å². The first-order valence-electron chi connectivity index (χ1n) is 10.9. The average molecular weight is 420 g/mol. The number of aliphatic hydroxyl groups excluding tert-OH is 1. The maximum Gasteiger partial charge on any atom is 0.163 e. The van der Waals surface area contributed by atoms with Gasteiger partial charge in [-0.1, -0.05) is 49.4 Å². The second-order valence-corrected chi connectivity index (χ2v) is 7.86. The third-order valence-corrected chi connectivity index (χ3v) is 5.71. The van der Waals surface area contributed by atoms with Crippen molar-refractivity contribution >= 4 is 0 Å². The lowest BCUT2D eigenvalue weighted by Crippen LogP contribution is -2.47. The number of hydrogen-bond donors (Lipinski definition) is 2. The molecule has 3 atom stereocenters. The van der Waals surface area contributed by atoms with Gasteiger partial charge in [0.25, 0.3) is 0 Å². The molecule has 3 aromatic carbocycles. The van der Waals surface area contributed by atoms with Gasteiger partial charge in [0.15, 0.2) is 17.7 Å². The zero-order chi connectivity index (χ0) is 21.6. The van der Waals surface area contributed by atoms with Crippen LogP contribution in [0.3, 0.4) is 0 Å². The molecule has 3 aromatic rings. The van der Waals surface area contributed by atoms with Crippen LogP contribution in [0.1, 0.15) is 37.8 Å². The fraction of sp³-hybridized carbons (Fsp3) is 0.308. The molecular formula is C26H29NO4. The molecule has 1 saturated heterocycles. The summed E-state index contributed by atoms with van der Waals surface area (Å²) < 4.78 is 12.1. The highest BCUT2D eigenvalue weighted by Gasteiger charge is 2.34. The summed E-state index contributed by atoms with van der Waals surface area (Å²) in [5.41, 5.74) is 1.11. The summed E-state index contributed by atoms with van der Waals surface area (Å²) in [5.74, 6) is 2.19. The number of hydrogen-bond acceptors (Lipinski definition) is 5. The summed E-state index contributed by atoms with van der Waals surface area (Å²) in [5, 5.41) is 20.5. The van der Waals surface area contributed by atoms with Crippen LogP contribution in [0.5, 0.6) is 23.0 Å². The van der Waals surface area contributed by atoms with Gasteiger partial charge in [-0.15, -0.1) is 0 Å². The fourth-order valence-electron chi connectivity index (χ4n) is 4.11. The van der Waals surface area contributed by atoms with Crippen LogP contribution in [0.25, 0.3) is 0 Å². The summed E-state index contributed by atoms with van der Waals surface area (Å²) >= 11 is 0. The molecule has 1 heterocycles.